The number of carboxylic acid groups (broad SMARTS) is 1. The molecule has 86 valence electrons. The SMILES string of the molecule is C=C(Cl)CNCc1ccc(CC(=O)O)cc1. The highest BCUT2D eigenvalue weighted by molar-refractivity contribution is 6.29. The zero-order chi connectivity index (χ0) is 12.0. The molecule has 0 aliphatic carbocycles. The second-order valence-electron chi connectivity index (χ2n) is 3.51. The quantitative estimate of drug-likeness (QED) is 0.800. The third kappa shape index (κ3) is 4.96. The molecule has 0 unspecified atom stereocenters. The van der Waals surface area contributed by atoms with E-state index < -0.39 is 5.97 Å². The first-order valence-corrected chi connectivity index (χ1v) is 5.29. The molecule has 1 aromatic carbocycles. The minimum atomic E-state index is -0.815. The van der Waals surface area contributed by atoms with Crippen LogP contribution >= 0.6 is 11.6 Å². The smallest absolute Gasteiger partial charge is 0.307 e. The summed E-state index contributed by atoms with van der Waals surface area (Å²) in [6, 6.07) is 7.45. The molecule has 16 heavy (non-hydrogen) atoms. The molecular weight excluding hydrogens is 226 g/mol. The number of nitrogens with one attached hydrogen (secondary N) is 1. The number of benzene rings is 1. The summed E-state index contributed by atoms with van der Waals surface area (Å²) in [6.45, 7) is 4.83. The summed E-state index contributed by atoms with van der Waals surface area (Å²) in [5.74, 6) is -0.815. The van der Waals surface area contributed by atoms with Gasteiger partial charge in [0.2, 0.25) is 0 Å². The molecule has 0 aliphatic heterocycles. The Kier molecular flexibility index (Phi) is 5.02. The average Bonchev–Trinajstić information content (AvgIpc) is 2.19. The van der Waals surface area contributed by atoms with Crippen molar-refractivity contribution in [2.45, 2.75) is 13.0 Å². The highest BCUT2D eigenvalue weighted by Gasteiger charge is 2.00. The maximum absolute atomic E-state index is 10.5. The summed E-state index contributed by atoms with van der Waals surface area (Å²) in [6.07, 6.45) is 0.0617. The Morgan fingerprint density at radius 2 is 1.88 bits per heavy atom. The molecule has 0 radical (unpaired) electrons. The lowest BCUT2D eigenvalue weighted by Gasteiger charge is -2.04. The third-order valence-electron chi connectivity index (χ3n) is 2.02. The van der Waals surface area contributed by atoms with Crippen molar-refractivity contribution >= 4 is 17.6 Å². The number of aliphatic carboxylic acids is 1. The van der Waals surface area contributed by atoms with Gasteiger partial charge in [-0.25, -0.2) is 0 Å². The van der Waals surface area contributed by atoms with Gasteiger partial charge in [-0.3, -0.25) is 4.79 Å². The maximum Gasteiger partial charge on any atom is 0.307 e. The van der Waals surface area contributed by atoms with Crippen LogP contribution in [-0.4, -0.2) is 17.6 Å². The summed E-state index contributed by atoms with van der Waals surface area (Å²) in [5.41, 5.74) is 1.89. The van der Waals surface area contributed by atoms with E-state index in [9.17, 15) is 4.79 Å². The Hall–Kier alpha value is -1.32. The molecule has 0 amide bonds. The first kappa shape index (κ1) is 12.7. The fraction of sp³-hybridized carbons (Fsp3) is 0.250. The topological polar surface area (TPSA) is 49.3 Å². The van der Waals surface area contributed by atoms with Gasteiger partial charge in [-0.05, 0) is 11.1 Å². The van der Waals surface area contributed by atoms with Crippen molar-refractivity contribution in [3.05, 3.63) is 47.0 Å². The van der Waals surface area contributed by atoms with Gasteiger partial charge in [-0.2, -0.15) is 0 Å². The van der Waals surface area contributed by atoms with Gasteiger partial charge in [0.05, 0.1) is 6.42 Å². The Balaban J connectivity index is 2.45. The molecule has 0 atom stereocenters. The number of carbonyl (C=O) groups is 1. The second-order valence-corrected chi connectivity index (χ2v) is 4.04. The summed E-state index contributed by atoms with van der Waals surface area (Å²) in [7, 11) is 0. The molecule has 3 nitrogen and oxygen atoms in total. The van der Waals surface area contributed by atoms with Crippen molar-refractivity contribution in [1.82, 2.24) is 5.32 Å². The van der Waals surface area contributed by atoms with Crippen LogP contribution in [0.15, 0.2) is 35.9 Å². The Labute approximate surface area is 99.7 Å². The van der Waals surface area contributed by atoms with Crippen LogP contribution in [0.2, 0.25) is 0 Å². The molecule has 0 saturated heterocycles. The minimum Gasteiger partial charge on any atom is -0.481 e. The van der Waals surface area contributed by atoms with Crippen molar-refractivity contribution in [3.8, 4) is 0 Å². The Morgan fingerprint density at radius 1 is 1.31 bits per heavy atom. The lowest BCUT2D eigenvalue weighted by molar-refractivity contribution is -0.136. The largest absolute Gasteiger partial charge is 0.481 e. The van der Waals surface area contributed by atoms with Gasteiger partial charge in [0.1, 0.15) is 0 Å². The zero-order valence-corrected chi connectivity index (χ0v) is 9.63. The fourth-order valence-electron chi connectivity index (χ4n) is 1.29. The van der Waals surface area contributed by atoms with Crippen LogP contribution in [0.25, 0.3) is 0 Å². The van der Waals surface area contributed by atoms with Gasteiger partial charge >= 0.3 is 5.97 Å². The summed E-state index contributed by atoms with van der Waals surface area (Å²) < 4.78 is 0. The molecule has 4 heteroatoms. The first-order valence-electron chi connectivity index (χ1n) is 4.91. The van der Waals surface area contributed by atoms with Crippen molar-refractivity contribution in [2.75, 3.05) is 6.54 Å². The number of hydrogen-bond acceptors (Lipinski definition) is 2. The molecule has 0 aromatic heterocycles. The molecule has 1 rings (SSSR count). The molecule has 2 N–H and O–H groups in total. The second kappa shape index (κ2) is 6.30. The van der Waals surface area contributed by atoms with Gasteiger partial charge in [0, 0.05) is 18.1 Å². The minimum absolute atomic E-state index is 0.0617. The number of halogens is 1. The van der Waals surface area contributed by atoms with Gasteiger partial charge in [0.25, 0.3) is 0 Å². The highest BCUT2D eigenvalue weighted by atomic mass is 35.5. The van der Waals surface area contributed by atoms with E-state index >= 15 is 0 Å². The molecule has 1 aromatic rings. The van der Waals surface area contributed by atoms with E-state index in [1.807, 2.05) is 24.3 Å². The summed E-state index contributed by atoms with van der Waals surface area (Å²) in [5, 5.41) is 12.3. The monoisotopic (exact) mass is 239 g/mol. The van der Waals surface area contributed by atoms with Gasteiger partial charge in [-0.15, -0.1) is 0 Å². The van der Waals surface area contributed by atoms with Crippen molar-refractivity contribution in [3.63, 3.8) is 0 Å². The molecule has 0 heterocycles. The summed E-state index contributed by atoms with van der Waals surface area (Å²) >= 11 is 5.60. The van der Waals surface area contributed by atoms with Crippen LogP contribution in [0.5, 0.6) is 0 Å². The number of hydrogen-bond donors (Lipinski definition) is 2. The van der Waals surface area contributed by atoms with Crippen molar-refractivity contribution in [1.29, 1.82) is 0 Å². The molecule has 0 saturated carbocycles. The van der Waals surface area contributed by atoms with E-state index in [1.54, 1.807) is 0 Å². The third-order valence-corrected chi connectivity index (χ3v) is 2.16. The van der Waals surface area contributed by atoms with E-state index in [0.29, 0.717) is 18.1 Å². The maximum atomic E-state index is 10.5. The van der Waals surface area contributed by atoms with Crippen molar-refractivity contribution < 1.29 is 9.90 Å². The van der Waals surface area contributed by atoms with Crippen LogP contribution in [0.4, 0.5) is 0 Å². The molecular formula is C12H14ClNO2. The first-order chi connectivity index (χ1) is 7.58. The average molecular weight is 240 g/mol. The van der Waals surface area contributed by atoms with E-state index in [0.717, 1.165) is 11.1 Å². The lowest BCUT2D eigenvalue weighted by atomic mass is 10.1. The van der Waals surface area contributed by atoms with Crippen LogP contribution in [0, 0.1) is 0 Å². The van der Waals surface area contributed by atoms with Gasteiger partial charge < -0.3 is 10.4 Å². The highest BCUT2D eigenvalue weighted by Crippen LogP contribution is 2.05. The normalized spacial score (nSPS) is 10.1. The molecule has 0 spiro atoms. The molecule has 0 aliphatic rings. The van der Waals surface area contributed by atoms with E-state index in [-0.39, 0.29) is 6.42 Å². The Morgan fingerprint density at radius 3 is 2.38 bits per heavy atom. The molecule has 0 bridgehead atoms. The lowest BCUT2D eigenvalue weighted by Crippen LogP contribution is -2.14. The van der Waals surface area contributed by atoms with Gasteiger partial charge in [0.15, 0.2) is 0 Å². The molecule has 0 fully saturated rings. The van der Waals surface area contributed by atoms with Crippen LogP contribution < -0.4 is 5.32 Å². The summed E-state index contributed by atoms with van der Waals surface area (Å²) in [4.78, 5) is 10.5. The zero-order valence-electron chi connectivity index (χ0n) is 8.87. The Bertz CT molecular complexity index is 373. The van der Waals surface area contributed by atoms with Crippen LogP contribution in [-0.2, 0) is 17.8 Å². The van der Waals surface area contributed by atoms with Crippen LogP contribution in [0.3, 0.4) is 0 Å². The van der Waals surface area contributed by atoms with E-state index in [2.05, 4.69) is 11.9 Å². The predicted octanol–water partition coefficient (Wildman–Crippen LogP) is 2.16. The van der Waals surface area contributed by atoms with Crippen molar-refractivity contribution in [2.24, 2.45) is 0 Å². The predicted molar refractivity (Wildman–Crippen MR) is 64.5 cm³/mol. The van der Waals surface area contributed by atoms with Crippen LogP contribution in [0.1, 0.15) is 11.1 Å². The van der Waals surface area contributed by atoms with E-state index in [1.165, 1.54) is 0 Å². The van der Waals surface area contributed by atoms with E-state index in [4.69, 9.17) is 16.7 Å². The fourth-order valence-corrected chi connectivity index (χ4v) is 1.39. The number of rotatable bonds is 6. The standard InChI is InChI=1S/C12H14ClNO2/c1-9(13)7-14-8-11-4-2-10(3-5-11)6-12(15)16/h2-5,14H,1,6-8H2,(H,15,16). The van der Waals surface area contributed by atoms with Gasteiger partial charge in [-0.1, -0.05) is 42.4 Å². The number of carboxylic acids is 1.